The van der Waals surface area contributed by atoms with E-state index in [-0.39, 0.29) is 0 Å². The van der Waals surface area contributed by atoms with Crippen molar-refractivity contribution >= 4 is 5.95 Å². The van der Waals surface area contributed by atoms with Crippen molar-refractivity contribution in [3.63, 3.8) is 0 Å². The van der Waals surface area contributed by atoms with Crippen molar-refractivity contribution in [2.45, 2.75) is 39.2 Å². The van der Waals surface area contributed by atoms with Gasteiger partial charge in [0.15, 0.2) is 0 Å². The van der Waals surface area contributed by atoms with Crippen molar-refractivity contribution in [3.8, 4) is 0 Å². The number of aryl methyl sites for hydroxylation is 1. The number of hydrogen-bond acceptors (Lipinski definition) is 2. The van der Waals surface area contributed by atoms with Gasteiger partial charge in [-0.1, -0.05) is 6.92 Å². The first-order valence-corrected chi connectivity index (χ1v) is 5.44. The second-order valence-corrected chi connectivity index (χ2v) is 4.44. The lowest BCUT2D eigenvalue weighted by molar-refractivity contribution is 0.498. The fraction of sp³-hybridized carbons (Fsp3) is 0.727. The quantitative estimate of drug-likeness (QED) is 0.782. The molecule has 2 unspecified atom stereocenters. The normalized spacial score (nSPS) is 26.8. The summed E-state index contributed by atoms with van der Waals surface area (Å²) in [5.41, 5.74) is 1.11. The highest BCUT2D eigenvalue weighted by molar-refractivity contribution is 5.28. The zero-order chi connectivity index (χ0) is 10.1. The van der Waals surface area contributed by atoms with Gasteiger partial charge in [-0.05, 0) is 32.1 Å². The van der Waals surface area contributed by atoms with Crippen LogP contribution in [0.5, 0.6) is 0 Å². The summed E-state index contributed by atoms with van der Waals surface area (Å²) in [6.45, 7) is 4.39. The number of rotatable bonds is 2. The first-order chi connectivity index (χ1) is 6.70. The van der Waals surface area contributed by atoms with Crippen LogP contribution in [0.1, 0.15) is 37.9 Å². The highest BCUT2D eigenvalue weighted by Gasteiger charge is 2.24. The molecule has 0 amide bonds. The molecule has 1 aromatic rings. The fourth-order valence-electron chi connectivity index (χ4n) is 2.41. The van der Waals surface area contributed by atoms with E-state index in [2.05, 4.69) is 34.9 Å². The van der Waals surface area contributed by atoms with E-state index in [4.69, 9.17) is 0 Å². The first kappa shape index (κ1) is 9.56. The van der Waals surface area contributed by atoms with Crippen LogP contribution >= 0.6 is 0 Å². The van der Waals surface area contributed by atoms with Crippen molar-refractivity contribution in [3.05, 3.63) is 11.9 Å². The molecule has 14 heavy (non-hydrogen) atoms. The highest BCUT2D eigenvalue weighted by Crippen LogP contribution is 2.35. The van der Waals surface area contributed by atoms with Crippen LogP contribution in [0.15, 0.2) is 6.20 Å². The predicted octanol–water partition coefficient (Wildman–Crippen LogP) is 2.59. The summed E-state index contributed by atoms with van der Waals surface area (Å²) in [7, 11) is 1.94. The molecule has 1 aliphatic rings. The van der Waals surface area contributed by atoms with Gasteiger partial charge in [0.25, 0.3) is 0 Å². The third-order valence-corrected chi connectivity index (χ3v) is 3.14. The fourth-order valence-corrected chi connectivity index (χ4v) is 2.41. The lowest BCUT2D eigenvalue weighted by Crippen LogP contribution is -2.08. The molecule has 2 rings (SSSR count). The van der Waals surface area contributed by atoms with Crippen LogP contribution in [0, 0.1) is 12.8 Å². The van der Waals surface area contributed by atoms with Crippen LogP contribution in [0.4, 0.5) is 5.95 Å². The minimum Gasteiger partial charge on any atom is -0.359 e. The molecule has 0 aliphatic heterocycles. The van der Waals surface area contributed by atoms with Crippen molar-refractivity contribution < 1.29 is 0 Å². The van der Waals surface area contributed by atoms with E-state index >= 15 is 0 Å². The maximum absolute atomic E-state index is 4.45. The Labute approximate surface area is 85.5 Å². The van der Waals surface area contributed by atoms with Crippen molar-refractivity contribution in [1.29, 1.82) is 0 Å². The van der Waals surface area contributed by atoms with Gasteiger partial charge < -0.3 is 9.88 Å². The lowest BCUT2D eigenvalue weighted by atomic mass is 10.1. The standard InChI is InChI=1S/C11H19N3/c1-8-4-5-10(6-8)14-7-9(2)13-11(14)12-3/h7-8,10H,4-6H2,1-3H3,(H,12,13). The lowest BCUT2D eigenvalue weighted by Gasteiger charge is -2.14. The average molecular weight is 193 g/mol. The molecule has 3 nitrogen and oxygen atoms in total. The summed E-state index contributed by atoms with van der Waals surface area (Å²) in [5, 5.41) is 3.16. The number of nitrogens with one attached hydrogen (secondary N) is 1. The van der Waals surface area contributed by atoms with Crippen LogP contribution < -0.4 is 5.32 Å². The third-order valence-electron chi connectivity index (χ3n) is 3.14. The van der Waals surface area contributed by atoms with Gasteiger partial charge in [-0.3, -0.25) is 0 Å². The van der Waals surface area contributed by atoms with E-state index in [1.165, 1.54) is 19.3 Å². The first-order valence-electron chi connectivity index (χ1n) is 5.44. The topological polar surface area (TPSA) is 29.9 Å². The summed E-state index contributed by atoms with van der Waals surface area (Å²) in [6, 6.07) is 0.661. The van der Waals surface area contributed by atoms with Gasteiger partial charge in [-0.25, -0.2) is 4.98 Å². The molecular formula is C11H19N3. The maximum Gasteiger partial charge on any atom is 0.203 e. The number of anilines is 1. The van der Waals surface area contributed by atoms with Crippen molar-refractivity contribution in [2.24, 2.45) is 5.92 Å². The Bertz CT molecular complexity index is 316. The van der Waals surface area contributed by atoms with Crippen LogP contribution in [-0.2, 0) is 0 Å². The maximum atomic E-state index is 4.45. The molecule has 0 bridgehead atoms. The van der Waals surface area contributed by atoms with Gasteiger partial charge in [-0.2, -0.15) is 0 Å². The summed E-state index contributed by atoms with van der Waals surface area (Å²) in [4.78, 5) is 4.45. The predicted molar refractivity (Wildman–Crippen MR) is 58.6 cm³/mol. The minimum atomic E-state index is 0.661. The molecule has 1 aliphatic carbocycles. The van der Waals surface area contributed by atoms with E-state index < -0.39 is 0 Å². The van der Waals surface area contributed by atoms with Crippen LogP contribution in [0.3, 0.4) is 0 Å². The molecule has 1 N–H and O–H groups in total. The third kappa shape index (κ3) is 1.63. The number of nitrogens with zero attached hydrogens (tertiary/aromatic N) is 2. The second kappa shape index (κ2) is 3.64. The Balaban J connectivity index is 2.22. The largest absolute Gasteiger partial charge is 0.359 e. The van der Waals surface area contributed by atoms with Crippen molar-refractivity contribution in [1.82, 2.24) is 9.55 Å². The molecule has 78 valence electrons. The summed E-state index contributed by atoms with van der Waals surface area (Å²) < 4.78 is 2.30. The Kier molecular flexibility index (Phi) is 2.48. The van der Waals surface area contributed by atoms with Crippen LogP contribution in [-0.4, -0.2) is 16.6 Å². The number of imidazole rings is 1. The monoisotopic (exact) mass is 193 g/mol. The van der Waals surface area contributed by atoms with E-state index in [9.17, 15) is 0 Å². The molecule has 1 fully saturated rings. The van der Waals surface area contributed by atoms with E-state index in [1.807, 2.05) is 7.05 Å². The van der Waals surface area contributed by atoms with E-state index in [1.54, 1.807) is 0 Å². The molecular weight excluding hydrogens is 174 g/mol. The number of hydrogen-bond donors (Lipinski definition) is 1. The van der Waals surface area contributed by atoms with E-state index in [0.29, 0.717) is 6.04 Å². The summed E-state index contributed by atoms with van der Waals surface area (Å²) in [6.07, 6.45) is 6.11. The molecule has 1 aromatic heterocycles. The minimum absolute atomic E-state index is 0.661. The number of aromatic nitrogens is 2. The van der Waals surface area contributed by atoms with Gasteiger partial charge in [0, 0.05) is 19.3 Å². The van der Waals surface area contributed by atoms with Gasteiger partial charge >= 0.3 is 0 Å². The molecule has 2 atom stereocenters. The zero-order valence-corrected chi connectivity index (χ0v) is 9.25. The highest BCUT2D eigenvalue weighted by atomic mass is 15.2. The van der Waals surface area contributed by atoms with Gasteiger partial charge in [0.05, 0.1) is 5.69 Å². The Morgan fingerprint density at radius 3 is 2.86 bits per heavy atom. The Morgan fingerprint density at radius 2 is 2.29 bits per heavy atom. The molecule has 0 saturated heterocycles. The van der Waals surface area contributed by atoms with Gasteiger partial charge in [-0.15, -0.1) is 0 Å². The molecule has 3 heteroatoms. The van der Waals surface area contributed by atoms with Gasteiger partial charge in [0.2, 0.25) is 5.95 Å². The van der Waals surface area contributed by atoms with Crippen molar-refractivity contribution in [2.75, 3.05) is 12.4 Å². The molecule has 0 aromatic carbocycles. The zero-order valence-electron chi connectivity index (χ0n) is 9.25. The Hall–Kier alpha value is -0.990. The van der Waals surface area contributed by atoms with Gasteiger partial charge in [0.1, 0.15) is 0 Å². The van der Waals surface area contributed by atoms with E-state index in [0.717, 1.165) is 17.6 Å². The SMILES string of the molecule is CNc1nc(C)cn1C1CCC(C)C1. The van der Waals surface area contributed by atoms with Crippen LogP contribution in [0.2, 0.25) is 0 Å². The molecule has 0 radical (unpaired) electrons. The smallest absolute Gasteiger partial charge is 0.203 e. The van der Waals surface area contributed by atoms with Crippen LogP contribution in [0.25, 0.3) is 0 Å². The Morgan fingerprint density at radius 1 is 1.50 bits per heavy atom. The molecule has 1 saturated carbocycles. The molecule has 1 heterocycles. The average Bonchev–Trinajstić information content (AvgIpc) is 2.71. The summed E-state index contributed by atoms with van der Waals surface area (Å²) in [5.74, 6) is 1.88. The second-order valence-electron chi connectivity index (χ2n) is 4.44. The summed E-state index contributed by atoms with van der Waals surface area (Å²) >= 11 is 0. The molecule has 0 spiro atoms.